The molecule has 0 saturated carbocycles. The topological polar surface area (TPSA) is 80.5 Å². The van der Waals surface area contributed by atoms with Gasteiger partial charge in [0.25, 0.3) is 0 Å². The molecular formula is C9H18N2O3S. The van der Waals surface area contributed by atoms with Crippen molar-refractivity contribution in [3.05, 3.63) is 0 Å². The first kappa shape index (κ1) is 12.4. The van der Waals surface area contributed by atoms with Gasteiger partial charge in [0.2, 0.25) is 5.91 Å². The van der Waals surface area contributed by atoms with Crippen LogP contribution in [-0.2, 0) is 14.6 Å². The average Bonchev–Trinajstić information content (AvgIpc) is 1.99. The van der Waals surface area contributed by atoms with Gasteiger partial charge in [-0.3, -0.25) is 4.79 Å². The van der Waals surface area contributed by atoms with E-state index in [-0.39, 0.29) is 30.0 Å². The zero-order valence-electron chi connectivity index (χ0n) is 9.36. The summed E-state index contributed by atoms with van der Waals surface area (Å²) in [7, 11) is -2.98. The predicted molar refractivity (Wildman–Crippen MR) is 58.1 cm³/mol. The molecular weight excluding hydrogens is 216 g/mol. The fourth-order valence-corrected chi connectivity index (χ4v) is 3.23. The molecule has 1 amide bonds. The normalized spacial score (nSPS) is 26.4. The second-order valence-corrected chi connectivity index (χ2v) is 6.91. The Balaban J connectivity index is 2.80. The number of nitrogens with zero attached hydrogens (tertiary/aromatic N) is 1. The van der Waals surface area contributed by atoms with Crippen LogP contribution in [0.2, 0.25) is 0 Å². The maximum absolute atomic E-state index is 11.8. The van der Waals surface area contributed by atoms with Gasteiger partial charge in [-0.25, -0.2) is 8.42 Å². The summed E-state index contributed by atoms with van der Waals surface area (Å²) < 4.78 is 22.6. The van der Waals surface area contributed by atoms with Crippen molar-refractivity contribution in [3.8, 4) is 0 Å². The van der Waals surface area contributed by atoms with Crippen LogP contribution in [-0.4, -0.2) is 48.9 Å². The number of rotatable bonds is 1. The Morgan fingerprint density at radius 3 is 2.40 bits per heavy atom. The third-order valence-electron chi connectivity index (χ3n) is 2.48. The van der Waals surface area contributed by atoms with Crippen LogP contribution < -0.4 is 5.73 Å². The monoisotopic (exact) mass is 234 g/mol. The maximum Gasteiger partial charge on any atom is 0.242 e. The Morgan fingerprint density at radius 2 is 2.00 bits per heavy atom. The van der Waals surface area contributed by atoms with Gasteiger partial charge < -0.3 is 10.6 Å². The van der Waals surface area contributed by atoms with Gasteiger partial charge >= 0.3 is 0 Å². The molecule has 0 bridgehead atoms. The van der Waals surface area contributed by atoms with Crippen molar-refractivity contribution < 1.29 is 13.2 Å². The van der Waals surface area contributed by atoms with Crippen molar-refractivity contribution in [1.82, 2.24) is 4.90 Å². The van der Waals surface area contributed by atoms with E-state index < -0.39 is 15.4 Å². The van der Waals surface area contributed by atoms with Gasteiger partial charge in [-0.05, 0) is 20.8 Å². The van der Waals surface area contributed by atoms with Gasteiger partial charge in [-0.2, -0.15) is 0 Å². The van der Waals surface area contributed by atoms with Gasteiger partial charge in [0.15, 0.2) is 9.84 Å². The van der Waals surface area contributed by atoms with Crippen LogP contribution in [0.4, 0.5) is 0 Å². The first-order valence-corrected chi connectivity index (χ1v) is 6.76. The fourth-order valence-electron chi connectivity index (χ4n) is 1.67. The molecule has 0 aliphatic carbocycles. The SMILES string of the molecule is CC1CS(=O)(=O)CCN1C(=O)C(C)(C)N. The molecule has 0 aromatic heterocycles. The van der Waals surface area contributed by atoms with Crippen molar-refractivity contribution in [1.29, 1.82) is 0 Å². The highest BCUT2D eigenvalue weighted by molar-refractivity contribution is 7.91. The summed E-state index contributed by atoms with van der Waals surface area (Å²) in [6, 6.07) is -0.279. The van der Waals surface area contributed by atoms with E-state index in [4.69, 9.17) is 5.73 Å². The minimum atomic E-state index is -2.98. The van der Waals surface area contributed by atoms with Gasteiger partial charge in [-0.15, -0.1) is 0 Å². The smallest absolute Gasteiger partial charge is 0.242 e. The summed E-state index contributed by atoms with van der Waals surface area (Å²) in [6.45, 7) is 5.25. The minimum absolute atomic E-state index is 0.0365. The van der Waals surface area contributed by atoms with E-state index >= 15 is 0 Å². The summed E-state index contributed by atoms with van der Waals surface area (Å²) >= 11 is 0. The first-order valence-electron chi connectivity index (χ1n) is 4.94. The Hall–Kier alpha value is -0.620. The highest BCUT2D eigenvalue weighted by Gasteiger charge is 2.36. The van der Waals surface area contributed by atoms with Crippen LogP contribution in [0.15, 0.2) is 0 Å². The van der Waals surface area contributed by atoms with Crippen molar-refractivity contribution in [2.75, 3.05) is 18.1 Å². The number of hydrogen-bond acceptors (Lipinski definition) is 4. The molecule has 1 atom stereocenters. The molecule has 6 heteroatoms. The molecule has 0 aromatic rings. The lowest BCUT2D eigenvalue weighted by atomic mass is 10.0. The lowest BCUT2D eigenvalue weighted by Crippen LogP contribution is -2.58. The van der Waals surface area contributed by atoms with Crippen LogP contribution >= 0.6 is 0 Å². The molecule has 15 heavy (non-hydrogen) atoms. The molecule has 1 fully saturated rings. The van der Waals surface area contributed by atoms with Gasteiger partial charge in [0, 0.05) is 12.6 Å². The standard InChI is InChI=1S/C9H18N2O3S/c1-7-6-15(13,14)5-4-11(7)8(12)9(2,3)10/h7H,4-6,10H2,1-3H3. The van der Waals surface area contributed by atoms with E-state index in [1.54, 1.807) is 25.7 Å². The van der Waals surface area contributed by atoms with Crippen LogP contribution in [0.3, 0.4) is 0 Å². The zero-order valence-corrected chi connectivity index (χ0v) is 10.2. The average molecular weight is 234 g/mol. The van der Waals surface area contributed by atoms with Gasteiger partial charge in [0.1, 0.15) is 0 Å². The number of hydrogen-bond donors (Lipinski definition) is 1. The Labute approximate surface area is 90.5 Å². The summed E-state index contributed by atoms with van der Waals surface area (Å²) in [5.74, 6) is -0.113. The lowest BCUT2D eigenvalue weighted by Gasteiger charge is -2.37. The maximum atomic E-state index is 11.8. The molecule has 2 N–H and O–H groups in total. The highest BCUT2D eigenvalue weighted by atomic mass is 32.2. The Morgan fingerprint density at radius 1 is 1.47 bits per heavy atom. The van der Waals surface area contributed by atoms with Crippen LogP contribution in [0.1, 0.15) is 20.8 Å². The van der Waals surface area contributed by atoms with Crippen LogP contribution in [0.25, 0.3) is 0 Å². The molecule has 1 aliphatic rings. The van der Waals surface area contributed by atoms with Crippen LogP contribution in [0.5, 0.6) is 0 Å². The van der Waals surface area contributed by atoms with E-state index in [0.29, 0.717) is 0 Å². The number of carbonyl (C=O) groups is 1. The summed E-state index contributed by atoms with van der Waals surface area (Å²) in [4.78, 5) is 13.4. The lowest BCUT2D eigenvalue weighted by molar-refractivity contribution is -0.137. The number of amides is 1. The Kier molecular flexibility index (Phi) is 3.11. The van der Waals surface area contributed by atoms with Crippen molar-refractivity contribution in [2.45, 2.75) is 32.4 Å². The molecule has 5 nitrogen and oxygen atoms in total. The van der Waals surface area contributed by atoms with E-state index in [1.165, 1.54) is 0 Å². The van der Waals surface area contributed by atoms with E-state index in [1.807, 2.05) is 0 Å². The second kappa shape index (κ2) is 3.75. The third kappa shape index (κ3) is 2.92. The van der Waals surface area contributed by atoms with Crippen molar-refractivity contribution in [3.63, 3.8) is 0 Å². The number of nitrogens with two attached hydrogens (primary N) is 1. The van der Waals surface area contributed by atoms with Crippen molar-refractivity contribution >= 4 is 15.7 Å². The molecule has 1 saturated heterocycles. The molecule has 0 spiro atoms. The Bertz CT molecular complexity index is 356. The van der Waals surface area contributed by atoms with E-state index in [2.05, 4.69) is 0 Å². The third-order valence-corrected chi connectivity index (χ3v) is 4.28. The molecule has 1 unspecified atom stereocenters. The summed E-state index contributed by atoms with van der Waals surface area (Å²) in [5.41, 5.74) is 4.76. The molecule has 0 aromatic carbocycles. The number of sulfone groups is 1. The predicted octanol–water partition coefficient (Wildman–Crippen LogP) is -0.631. The summed E-state index contributed by atoms with van der Waals surface area (Å²) in [6.07, 6.45) is 0. The molecule has 1 rings (SSSR count). The quantitative estimate of drug-likeness (QED) is 0.655. The van der Waals surface area contributed by atoms with E-state index in [9.17, 15) is 13.2 Å². The zero-order chi connectivity index (χ0) is 11.9. The second-order valence-electron chi connectivity index (χ2n) is 4.68. The van der Waals surface area contributed by atoms with Gasteiger partial charge in [-0.1, -0.05) is 0 Å². The molecule has 88 valence electrons. The number of carbonyl (C=O) groups excluding carboxylic acids is 1. The molecule has 1 aliphatic heterocycles. The van der Waals surface area contributed by atoms with Crippen LogP contribution in [0, 0.1) is 0 Å². The molecule has 0 radical (unpaired) electrons. The first-order chi connectivity index (χ1) is 6.63. The van der Waals surface area contributed by atoms with Crippen molar-refractivity contribution in [2.24, 2.45) is 5.73 Å². The summed E-state index contributed by atoms with van der Waals surface area (Å²) in [5, 5.41) is 0. The highest BCUT2D eigenvalue weighted by Crippen LogP contribution is 2.15. The molecule has 1 heterocycles. The van der Waals surface area contributed by atoms with Gasteiger partial charge in [0.05, 0.1) is 17.0 Å². The van der Waals surface area contributed by atoms with E-state index in [0.717, 1.165) is 0 Å². The largest absolute Gasteiger partial charge is 0.336 e. The fraction of sp³-hybridized carbons (Fsp3) is 0.889. The minimum Gasteiger partial charge on any atom is -0.336 e.